The number of hydrogen-bond acceptors (Lipinski definition) is 5. The van der Waals surface area contributed by atoms with E-state index in [2.05, 4.69) is 10.3 Å². The summed E-state index contributed by atoms with van der Waals surface area (Å²) >= 11 is 1.14. The third-order valence-electron chi connectivity index (χ3n) is 4.68. The molecule has 0 saturated carbocycles. The molecule has 0 aliphatic rings. The maximum absolute atomic E-state index is 13.2. The average molecular weight is 447 g/mol. The quantitative estimate of drug-likeness (QED) is 0.381. The molecule has 1 unspecified atom stereocenters. The van der Waals surface area contributed by atoms with Gasteiger partial charge >= 0.3 is 5.97 Å². The first-order chi connectivity index (χ1) is 15.5. The number of aromatic nitrogens is 1. The molecule has 1 heterocycles. The van der Waals surface area contributed by atoms with Crippen LogP contribution in [-0.4, -0.2) is 16.9 Å². The van der Waals surface area contributed by atoms with Crippen LogP contribution in [0.5, 0.6) is 0 Å². The third-order valence-corrected chi connectivity index (χ3v) is 5.87. The Kier molecular flexibility index (Phi) is 6.37. The van der Waals surface area contributed by atoms with Gasteiger partial charge in [-0.1, -0.05) is 48.5 Å². The highest BCUT2D eigenvalue weighted by Crippen LogP contribution is 2.30. The van der Waals surface area contributed by atoms with Crippen LogP contribution < -0.4 is 5.32 Å². The number of para-hydroxylation sites is 1. The lowest BCUT2D eigenvalue weighted by Gasteiger charge is -2.18. The van der Waals surface area contributed by atoms with Gasteiger partial charge in [-0.2, -0.15) is 0 Å². The molecular weight excluding hydrogens is 427 g/mol. The van der Waals surface area contributed by atoms with Crippen LogP contribution in [0.1, 0.15) is 27.0 Å². The maximum Gasteiger partial charge on any atom is 0.351 e. The van der Waals surface area contributed by atoms with Crippen molar-refractivity contribution in [2.45, 2.75) is 13.0 Å². The first-order valence-corrected chi connectivity index (χ1v) is 10.7. The molecule has 5 nitrogen and oxygen atoms in total. The Morgan fingerprint density at radius 3 is 2.22 bits per heavy atom. The van der Waals surface area contributed by atoms with Gasteiger partial charge in [-0.15, -0.1) is 11.3 Å². The molecule has 1 amide bonds. The van der Waals surface area contributed by atoms with Gasteiger partial charge in [0.05, 0.1) is 5.69 Å². The summed E-state index contributed by atoms with van der Waals surface area (Å²) in [4.78, 5) is 30.7. The van der Waals surface area contributed by atoms with Gasteiger partial charge in [0, 0.05) is 16.8 Å². The number of carbonyl (C=O) groups excluding carboxylic acids is 2. The maximum atomic E-state index is 13.2. The second kappa shape index (κ2) is 9.53. The minimum atomic E-state index is -1.14. The zero-order chi connectivity index (χ0) is 22.5. The minimum Gasteiger partial charge on any atom is -0.443 e. The molecule has 0 aliphatic carbocycles. The van der Waals surface area contributed by atoms with Gasteiger partial charge in [0.1, 0.15) is 15.7 Å². The molecule has 3 aromatic carbocycles. The minimum absolute atomic E-state index is 0.290. The second-order valence-corrected chi connectivity index (χ2v) is 7.99. The Hall–Kier alpha value is -3.84. The largest absolute Gasteiger partial charge is 0.443 e. The third kappa shape index (κ3) is 4.90. The summed E-state index contributed by atoms with van der Waals surface area (Å²) in [7, 11) is 0. The van der Waals surface area contributed by atoms with Crippen LogP contribution in [-0.2, 0) is 9.53 Å². The number of ether oxygens (including phenoxy) is 1. The molecule has 1 aromatic heterocycles. The molecule has 0 aliphatic heterocycles. The van der Waals surface area contributed by atoms with Gasteiger partial charge < -0.3 is 10.1 Å². The lowest BCUT2D eigenvalue weighted by Crippen LogP contribution is -2.25. The van der Waals surface area contributed by atoms with Gasteiger partial charge in [-0.3, -0.25) is 4.79 Å². The van der Waals surface area contributed by atoms with E-state index in [0.29, 0.717) is 27.5 Å². The van der Waals surface area contributed by atoms with E-state index in [1.807, 2.05) is 12.1 Å². The fourth-order valence-electron chi connectivity index (χ4n) is 3.09. The van der Waals surface area contributed by atoms with Crippen molar-refractivity contribution in [3.8, 4) is 10.6 Å². The SMILES string of the molecule is Cc1nc(-c2ccc(F)cc2)sc1C(=O)OC(C(=O)Nc1ccccc1)c1ccccc1. The number of aryl methyl sites for hydroxylation is 1. The van der Waals surface area contributed by atoms with Crippen LogP contribution in [0.3, 0.4) is 0 Å². The molecule has 0 bridgehead atoms. The van der Waals surface area contributed by atoms with E-state index in [-0.39, 0.29) is 10.7 Å². The van der Waals surface area contributed by atoms with Crippen molar-refractivity contribution in [2.24, 2.45) is 0 Å². The lowest BCUT2D eigenvalue weighted by molar-refractivity contribution is -0.125. The smallest absolute Gasteiger partial charge is 0.351 e. The van der Waals surface area contributed by atoms with E-state index in [4.69, 9.17) is 4.74 Å². The number of nitrogens with one attached hydrogen (secondary N) is 1. The van der Waals surface area contributed by atoms with Crippen molar-refractivity contribution >= 4 is 28.9 Å². The highest BCUT2D eigenvalue weighted by atomic mass is 32.1. The van der Waals surface area contributed by atoms with Crippen LogP contribution in [0, 0.1) is 12.7 Å². The van der Waals surface area contributed by atoms with Crippen LogP contribution in [0.4, 0.5) is 10.1 Å². The average Bonchev–Trinajstić information content (AvgIpc) is 3.20. The van der Waals surface area contributed by atoms with Gasteiger partial charge in [0.25, 0.3) is 5.91 Å². The van der Waals surface area contributed by atoms with Gasteiger partial charge in [-0.05, 0) is 43.3 Å². The number of thiazole rings is 1. The molecule has 0 fully saturated rings. The van der Waals surface area contributed by atoms with E-state index in [0.717, 1.165) is 11.3 Å². The zero-order valence-corrected chi connectivity index (χ0v) is 17.9. The van der Waals surface area contributed by atoms with Crippen molar-refractivity contribution < 1.29 is 18.7 Å². The molecule has 7 heteroatoms. The van der Waals surface area contributed by atoms with Gasteiger partial charge in [0.15, 0.2) is 0 Å². The molecule has 1 N–H and O–H groups in total. The Morgan fingerprint density at radius 2 is 1.56 bits per heavy atom. The van der Waals surface area contributed by atoms with E-state index >= 15 is 0 Å². The number of esters is 1. The molecule has 4 aromatic rings. The second-order valence-electron chi connectivity index (χ2n) is 6.99. The van der Waals surface area contributed by atoms with E-state index in [9.17, 15) is 14.0 Å². The summed E-state index contributed by atoms with van der Waals surface area (Å²) in [6.45, 7) is 1.70. The molecule has 0 radical (unpaired) electrons. The summed E-state index contributed by atoms with van der Waals surface area (Å²) in [5, 5.41) is 3.35. The van der Waals surface area contributed by atoms with Crippen molar-refractivity contribution in [3.05, 3.63) is 107 Å². The number of anilines is 1. The van der Waals surface area contributed by atoms with E-state index in [1.54, 1.807) is 67.6 Å². The fourth-order valence-corrected chi connectivity index (χ4v) is 4.05. The predicted molar refractivity (Wildman–Crippen MR) is 122 cm³/mol. The Balaban J connectivity index is 1.59. The normalized spacial score (nSPS) is 11.6. The summed E-state index contributed by atoms with van der Waals surface area (Å²) < 4.78 is 18.9. The number of nitrogens with zero attached hydrogens (tertiary/aromatic N) is 1. The van der Waals surface area contributed by atoms with Crippen LogP contribution >= 0.6 is 11.3 Å². The van der Waals surface area contributed by atoms with Crippen molar-refractivity contribution in [1.29, 1.82) is 0 Å². The van der Waals surface area contributed by atoms with Gasteiger partial charge in [0.2, 0.25) is 6.10 Å². The van der Waals surface area contributed by atoms with Crippen LogP contribution in [0.25, 0.3) is 10.6 Å². The first-order valence-electron chi connectivity index (χ1n) is 9.86. The number of carbonyl (C=O) groups is 2. The molecule has 1 atom stereocenters. The Bertz CT molecular complexity index is 1230. The summed E-state index contributed by atoms with van der Waals surface area (Å²) in [6, 6.07) is 23.7. The first kappa shape index (κ1) is 21.4. The Labute approximate surface area is 188 Å². The highest BCUT2D eigenvalue weighted by molar-refractivity contribution is 7.17. The fraction of sp³-hybridized carbons (Fsp3) is 0.0800. The molecular formula is C25H19FN2O3S. The number of benzene rings is 3. The molecule has 160 valence electrons. The molecule has 0 saturated heterocycles. The van der Waals surface area contributed by atoms with Crippen molar-refractivity contribution in [2.75, 3.05) is 5.32 Å². The topological polar surface area (TPSA) is 68.3 Å². The highest BCUT2D eigenvalue weighted by Gasteiger charge is 2.28. The summed E-state index contributed by atoms with van der Waals surface area (Å²) in [5.41, 5.74) is 2.33. The number of amides is 1. The zero-order valence-electron chi connectivity index (χ0n) is 17.1. The number of halogens is 1. The Morgan fingerprint density at radius 1 is 0.938 bits per heavy atom. The number of rotatable bonds is 6. The standard InChI is InChI=1S/C25H19FN2O3S/c1-16-22(32-24(27-16)18-12-14-19(26)15-13-18)25(30)31-21(17-8-4-2-5-9-17)23(29)28-20-10-6-3-7-11-20/h2-15,21H,1H3,(H,28,29). The van der Waals surface area contributed by atoms with Crippen molar-refractivity contribution in [1.82, 2.24) is 4.98 Å². The van der Waals surface area contributed by atoms with Crippen molar-refractivity contribution in [3.63, 3.8) is 0 Å². The predicted octanol–water partition coefficient (Wildman–Crippen LogP) is 5.79. The number of hydrogen-bond donors (Lipinski definition) is 1. The van der Waals surface area contributed by atoms with E-state index in [1.165, 1.54) is 12.1 Å². The molecule has 32 heavy (non-hydrogen) atoms. The molecule has 4 rings (SSSR count). The van der Waals surface area contributed by atoms with Gasteiger partial charge in [-0.25, -0.2) is 14.2 Å². The van der Waals surface area contributed by atoms with Crippen LogP contribution in [0.15, 0.2) is 84.9 Å². The van der Waals surface area contributed by atoms with Crippen LogP contribution in [0.2, 0.25) is 0 Å². The van der Waals surface area contributed by atoms with E-state index < -0.39 is 18.0 Å². The monoisotopic (exact) mass is 446 g/mol. The molecule has 0 spiro atoms. The summed E-state index contributed by atoms with van der Waals surface area (Å²) in [6.07, 6.45) is -1.14. The summed E-state index contributed by atoms with van der Waals surface area (Å²) in [5.74, 6) is -1.46. The lowest BCUT2D eigenvalue weighted by atomic mass is 10.1.